The number of thiophene rings is 1. The molecule has 0 aliphatic heterocycles. The van der Waals surface area contributed by atoms with Gasteiger partial charge >= 0.3 is 0 Å². The Morgan fingerprint density at radius 3 is 2.06 bits per heavy atom. The fraction of sp³-hybridized carbons (Fsp3) is 0.0625. The van der Waals surface area contributed by atoms with Gasteiger partial charge in [-0.2, -0.15) is 9.83 Å². The van der Waals surface area contributed by atoms with Crippen molar-refractivity contribution in [1.82, 2.24) is 0 Å². The van der Waals surface area contributed by atoms with E-state index < -0.39 is 0 Å². The number of aromatic nitrogens is 1. The van der Waals surface area contributed by atoms with Crippen molar-refractivity contribution in [2.45, 2.75) is 6.92 Å². The van der Waals surface area contributed by atoms with E-state index in [0.29, 0.717) is 5.56 Å². The topological polar surface area (TPSA) is 27.7 Å². The Morgan fingerprint density at radius 2 is 1.36 bits per heavy atom. The number of nitrogens with zero attached hydrogens (tertiary/aromatic N) is 2. The molecule has 0 saturated heterocycles. The van der Waals surface area contributed by atoms with Gasteiger partial charge in [-0.3, -0.25) is 0 Å². The maximum atomic E-state index is 13.9. The summed E-state index contributed by atoms with van der Waals surface area (Å²) >= 11 is 1.70. The van der Waals surface area contributed by atoms with Crippen LogP contribution in [0.4, 0.5) is 4.39 Å². The van der Waals surface area contributed by atoms with Crippen LogP contribution < -0.4 is 4.57 Å². The highest BCUT2D eigenvalue weighted by Crippen LogP contribution is 2.45. The maximum absolute atomic E-state index is 13.9. The molecular formula is C32H22FN2S+. The van der Waals surface area contributed by atoms with E-state index in [0.717, 1.165) is 59.2 Å². The predicted molar refractivity (Wildman–Crippen MR) is 146 cm³/mol. The molecule has 0 aliphatic carbocycles. The third kappa shape index (κ3) is 3.57. The summed E-state index contributed by atoms with van der Waals surface area (Å²) < 4.78 is 17.9. The number of hydrogen-bond acceptors (Lipinski definition) is 2. The van der Waals surface area contributed by atoms with Gasteiger partial charge in [0.15, 0.2) is 5.82 Å². The van der Waals surface area contributed by atoms with Crippen molar-refractivity contribution in [2.75, 3.05) is 0 Å². The van der Waals surface area contributed by atoms with Gasteiger partial charge in [-0.1, -0.05) is 72.8 Å². The van der Waals surface area contributed by atoms with Gasteiger partial charge in [0, 0.05) is 31.8 Å². The summed E-state index contributed by atoms with van der Waals surface area (Å²) in [5, 5.41) is 12.3. The molecule has 0 saturated carbocycles. The molecule has 0 fully saturated rings. The molecule has 4 aromatic carbocycles. The van der Waals surface area contributed by atoms with Gasteiger partial charge < -0.3 is 0 Å². The lowest BCUT2D eigenvalue weighted by atomic mass is 9.95. The highest BCUT2D eigenvalue weighted by Gasteiger charge is 2.22. The predicted octanol–water partition coefficient (Wildman–Crippen LogP) is 8.20. The quantitative estimate of drug-likeness (QED) is 0.232. The third-order valence-electron chi connectivity index (χ3n) is 6.77. The Morgan fingerprint density at radius 1 is 0.722 bits per heavy atom. The van der Waals surface area contributed by atoms with Crippen LogP contribution in [0, 0.1) is 24.1 Å². The van der Waals surface area contributed by atoms with E-state index in [4.69, 9.17) is 0 Å². The second-order valence-electron chi connectivity index (χ2n) is 9.00. The molecule has 0 radical (unpaired) electrons. The van der Waals surface area contributed by atoms with Crippen molar-refractivity contribution < 1.29 is 8.96 Å². The first-order valence-corrected chi connectivity index (χ1v) is 12.6. The smallest absolute Gasteiger partial charge is 0.200 e. The van der Waals surface area contributed by atoms with Crippen molar-refractivity contribution in [3.05, 3.63) is 114 Å². The lowest BCUT2D eigenvalue weighted by molar-refractivity contribution is -0.661. The number of pyridine rings is 1. The van der Waals surface area contributed by atoms with E-state index in [1.165, 1.54) is 12.3 Å². The zero-order valence-electron chi connectivity index (χ0n) is 19.9. The van der Waals surface area contributed by atoms with Crippen LogP contribution in [0.3, 0.4) is 0 Å². The van der Waals surface area contributed by atoms with Crippen LogP contribution in [-0.4, -0.2) is 0 Å². The van der Waals surface area contributed by atoms with Crippen molar-refractivity contribution in [3.63, 3.8) is 0 Å². The van der Waals surface area contributed by atoms with Crippen molar-refractivity contribution in [3.8, 4) is 39.6 Å². The normalized spacial score (nSPS) is 11.2. The average Bonchev–Trinajstić information content (AvgIpc) is 3.28. The summed E-state index contributed by atoms with van der Waals surface area (Å²) in [6.45, 7) is 2.09. The molecule has 2 heterocycles. The van der Waals surface area contributed by atoms with Gasteiger partial charge in [0.25, 0.3) is 0 Å². The maximum Gasteiger partial charge on any atom is 0.214 e. The molecule has 2 nitrogen and oxygen atoms in total. The van der Waals surface area contributed by atoms with Crippen LogP contribution in [0.2, 0.25) is 0 Å². The number of hydrogen-bond donors (Lipinski definition) is 0. The molecule has 0 atom stereocenters. The van der Waals surface area contributed by atoms with Crippen LogP contribution in [0.15, 0.2) is 97.2 Å². The third-order valence-corrected chi connectivity index (χ3v) is 8.03. The van der Waals surface area contributed by atoms with Gasteiger partial charge in [-0.05, 0) is 41.3 Å². The molecule has 0 unspecified atom stereocenters. The van der Waals surface area contributed by atoms with Gasteiger partial charge in [0.05, 0.1) is 17.2 Å². The monoisotopic (exact) mass is 485 g/mol. The van der Waals surface area contributed by atoms with E-state index >= 15 is 0 Å². The van der Waals surface area contributed by atoms with Gasteiger partial charge in [0.1, 0.15) is 7.05 Å². The summed E-state index contributed by atoms with van der Waals surface area (Å²) in [4.78, 5) is 0. The second-order valence-corrected chi connectivity index (χ2v) is 10.0. The summed E-state index contributed by atoms with van der Waals surface area (Å²) in [5.74, 6) is -0.262. The Hall–Kier alpha value is -4.33. The number of halogens is 1. The van der Waals surface area contributed by atoms with Crippen LogP contribution in [-0.2, 0) is 7.05 Å². The minimum absolute atomic E-state index is 0.262. The lowest BCUT2D eigenvalue weighted by Gasteiger charge is -2.08. The highest BCUT2D eigenvalue weighted by atomic mass is 32.1. The SMILES string of the molecule is Cc1ccc2c(sc3c(-c4ccc(-c5ccccc5)cc4)c(C#N)ccc32)c1-c1ccc(F)c[n+]1C. The Labute approximate surface area is 213 Å². The van der Waals surface area contributed by atoms with Crippen LogP contribution in [0.25, 0.3) is 53.7 Å². The summed E-state index contributed by atoms with van der Waals surface area (Å²) in [6.07, 6.45) is 1.51. The molecule has 6 rings (SSSR count). The average molecular weight is 486 g/mol. The number of nitriles is 1. The van der Waals surface area contributed by atoms with E-state index in [-0.39, 0.29) is 5.82 Å². The van der Waals surface area contributed by atoms with Crippen LogP contribution in [0.1, 0.15) is 11.1 Å². The van der Waals surface area contributed by atoms with Crippen molar-refractivity contribution >= 4 is 31.5 Å². The lowest BCUT2D eigenvalue weighted by Crippen LogP contribution is -2.31. The van der Waals surface area contributed by atoms with Crippen LogP contribution >= 0.6 is 11.3 Å². The minimum atomic E-state index is -0.262. The Balaban J connectivity index is 1.61. The standard InChI is InChI=1S/C32H22FN2S/c1-20-8-15-26-27-16-13-24(18-34)30(23-11-9-22(10-12-23)21-6-4-3-5-7-21)32(27)36-31(26)29(20)28-17-14-25(33)19-35(28)2/h3-17,19H,1-2H3/q+1. The summed E-state index contributed by atoms with van der Waals surface area (Å²) in [5.41, 5.74) is 8.13. The number of rotatable bonds is 3. The Bertz CT molecular complexity index is 1810. The number of aryl methyl sites for hydroxylation is 2. The molecule has 4 heteroatoms. The number of fused-ring (bicyclic) bond motifs is 3. The molecule has 172 valence electrons. The molecule has 0 spiro atoms. The molecule has 0 aliphatic rings. The number of benzene rings is 4. The van der Waals surface area contributed by atoms with E-state index in [1.54, 1.807) is 11.3 Å². The minimum Gasteiger partial charge on any atom is -0.200 e. The van der Waals surface area contributed by atoms with Crippen LogP contribution in [0.5, 0.6) is 0 Å². The van der Waals surface area contributed by atoms with Gasteiger partial charge in [-0.15, -0.1) is 11.3 Å². The highest BCUT2D eigenvalue weighted by molar-refractivity contribution is 7.27. The summed E-state index contributed by atoms with van der Waals surface area (Å²) in [6, 6.07) is 32.8. The Kier molecular flexibility index (Phi) is 5.36. The fourth-order valence-corrected chi connectivity index (χ4v) is 6.47. The summed E-state index contributed by atoms with van der Waals surface area (Å²) in [7, 11) is 1.87. The molecule has 0 N–H and O–H groups in total. The van der Waals surface area contributed by atoms with E-state index in [1.807, 2.05) is 41.9 Å². The molecule has 6 aromatic rings. The van der Waals surface area contributed by atoms with E-state index in [9.17, 15) is 9.65 Å². The molecule has 0 bridgehead atoms. The molecule has 2 aromatic heterocycles. The first kappa shape index (κ1) is 22.2. The first-order chi connectivity index (χ1) is 17.5. The van der Waals surface area contributed by atoms with E-state index in [2.05, 4.69) is 67.6 Å². The largest absolute Gasteiger partial charge is 0.214 e. The fourth-order valence-electron chi connectivity index (χ4n) is 4.99. The van der Waals surface area contributed by atoms with Gasteiger partial charge in [-0.25, -0.2) is 4.39 Å². The van der Waals surface area contributed by atoms with Crippen molar-refractivity contribution in [2.24, 2.45) is 7.05 Å². The zero-order valence-corrected chi connectivity index (χ0v) is 20.7. The van der Waals surface area contributed by atoms with Crippen molar-refractivity contribution in [1.29, 1.82) is 5.26 Å². The molecular weight excluding hydrogens is 463 g/mol. The molecule has 36 heavy (non-hydrogen) atoms. The van der Waals surface area contributed by atoms with Gasteiger partial charge in [0.2, 0.25) is 11.9 Å². The zero-order chi connectivity index (χ0) is 24.8. The molecule has 0 amide bonds. The second kappa shape index (κ2) is 8.71. The first-order valence-electron chi connectivity index (χ1n) is 11.8.